The molecule has 0 aliphatic carbocycles. The second-order valence-electron chi connectivity index (χ2n) is 9.85. The molecule has 0 saturated carbocycles. The molecule has 0 spiro atoms. The van der Waals surface area contributed by atoms with Crippen LogP contribution in [0, 0.1) is 16.0 Å². The molecule has 214 valence electrons. The maximum absolute atomic E-state index is 13.8. The zero-order chi connectivity index (χ0) is 29.6. The maximum atomic E-state index is 13.8. The molecule has 1 saturated heterocycles. The molecular formula is C30H29F3N4O4. The van der Waals surface area contributed by atoms with Gasteiger partial charge in [-0.1, -0.05) is 54.6 Å². The van der Waals surface area contributed by atoms with E-state index >= 15 is 0 Å². The smallest absolute Gasteiger partial charge is 0.366 e. The Kier molecular flexibility index (Phi) is 9.18. The number of alkyl halides is 3. The number of nitrogens with two attached hydrogens (primary N) is 1. The number of amides is 2. The van der Waals surface area contributed by atoms with Crippen molar-refractivity contribution in [2.45, 2.75) is 19.1 Å². The fourth-order valence-corrected chi connectivity index (χ4v) is 4.80. The molecule has 0 radical (unpaired) electrons. The molecule has 1 atom stereocenters. The predicted molar refractivity (Wildman–Crippen MR) is 147 cm³/mol. The third-order valence-corrected chi connectivity index (χ3v) is 7.04. The topological polar surface area (TPSA) is 110 Å². The van der Waals surface area contributed by atoms with Crippen LogP contribution < -0.4 is 5.73 Å². The number of piperazine rings is 1. The number of primary amides is 1. The number of carbonyl (C=O) groups excluding carboxylic acids is 2. The normalized spacial score (nSPS) is 15.4. The molecule has 2 amide bonds. The second-order valence-corrected chi connectivity index (χ2v) is 9.85. The van der Waals surface area contributed by atoms with Gasteiger partial charge < -0.3 is 10.6 Å². The highest BCUT2D eigenvalue weighted by Crippen LogP contribution is 2.30. The molecule has 1 heterocycles. The van der Waals surface area contributed by atoms with E-state index in [1.165, 1.54) is 30.3 Å². The van der Waals surface area contributed by atoms with Crippen molar-refractivity contribution >= 4 is 23.6 Å². The zero-order valence-electron chi connectivity index (χ0n) is 22.1. The number of halogens is 3. The Bertz CT molecular complexity index is 1400. The lowest BCUT2D eigenvalue weighted by molar-refractivity contribution is -0.384. The summed E-state index contributed by atoms with van der Waals surface area (Å²) in [6, 6.07) is 19.8. The number of nitro benzene ring substituents is 1. The molecule has 3 aromatic carbocycles. The summed E-state index contributed by atoms with van der Waals surface area (Å²) in [5, 5.41) is 10.9. The Morgan fingerprint density at radius 3 is 2.05 bits per heavy atom. The Morgan fingerprint density at radius 2 is 1.51 bits per heavy atom. The Hall–Kier alpha value is -4.51. The Labute approximate surface area is 235 Å². The van der Waals surface area contributed by atoms with Crippen molar-refractivity contribution in [1.82, 2.24) is 9.80 Å². The molecule has 1 unspecified atom stereocenters. The standard InChI is InChI=1S/C30H29F3N4O4/c31-30(32,33)24-10-6-22(7-11-24)18-26(28(34)38)27(19-21-4-2-1-3-5-21)29(39)36-16-14-35(15-17-36)20-23-8-12-25(13-9-23)37(40)41/h1-13,18,27H,14-17,19-20H2,(H2,34,38). The minimum absolute atomic E-state index is 0.0169. The van der Waals surface area contributed by atoms with Crippen LogP contribution in [0.3, 0.4) is 0 Å². The van der Waals surface area contributed by atoms with Gasteiger partial charge in [-0.3, -0.25) is 24.6 Å². The Balaban J connectivity index is 1.52. The summed E-state index contributed by atoms with van der Waals surface area (Å²) in [7, 11) is 0. The lowest BCUT2D eigenvalue weighted by Crippen LogP contribution is -2.51. The van der Waals surface area contributed by atoms with Crippen molar-refractivity contribution in [3.63, 3.8) is 0 Å². The number of hydrogen-bond donors (Lipinski definition) is 1. The van der Waals surface area contributed by atoms with E-state index in [-0.39, 0.29) is 23.6 Å². The van der Waals surface area contributed by atoms with Crippen LogP contribution in [0.5, 0.6) is 0 Å². The predicted octanol–water partition coefficient (Wildman–Crippen LogP) is 4.69. The van der Waals surface area contributed by atoms with Gasteiger partial charge in [0.15, 0.2) is 0 Å². The maximum Gasteiger partial charge on any atom is 0.416 e. The molecule has 0 aromatic heterocycles. The van der Waals surface area contributed by atoms with Crippen LogP contribution in [0.2, 0.25) is 0 Å². The quantitative estimate of drug-likeness (QED) is 0.230. The first kappa shape index (κ1) is 29.5. The average molecular weight is 567 g/mol. The molecule has 3 aromatic rings. The summed E-state index contributed by atoms with van der Waals surface area (Å²) in [5.74, 6) is -2.05. The number of benzene rings is 3. The van der Waals surface area contributed by atoms with Crippen molar-refractivity contribution < 1.29 is 27.7 Å². The third kappa shape index (κ3) is 7.79. The van der Waals surface area contributed by atoms with Crippen LogP contribution in [-0.2, 0) is 28.7 Å². The lowest BCUT2D eigenvalue weighted by Gasteiger charge is -2.36. The average Bonchev–Trinajstić information content (AvgIpc) is 2.95. The molecule has 1 aliphatic heterocycles. The highest BCUT2D eigenvalue weighted by atomic mass is 19.4. The summed E-state index contributed by atoms with van der Waals surface area (Å²) in [6.45, 7) is 2.45. The molecule has 4 rings (SSSR count). The second kappa shape index (κ2) is 12.8. The summed E-state index contributed by atoms with van der Waals surface area (Å²) >= 11 is 0. The monoisotopic (exact) mass is 566 g/mol. The van der Waals surface area contributed by atoms with E-state index in [1.807, 2.05) is 30.3 Å². The molecular weight excluding hydrogens is 537 g/mol. The number of nitro groups is 1. The van der Waals surface area contributed by atoms with Crippen LogP contribution in [0.4, 0.5) is 18.9 Å². The number of non-ortho nitro benzene ring substituents is 1. The van der Waals surface area contributed by atoms with Gasteiger partial charge in [-0.05, 0) is 41.3 Å². The molecule has 1 aliphatic rings. The van der Waals surface area contributed by atoms with E-state index in [2.05, 4.69) is 4.90 Å². The fraction of sp³-hybridized carbons (Fsp3) is 0.267. The fourth-order valence-electron chi connectivity index (χ4n) is 4.80. The first-order valence-electron chi connectivity index (χ1n) is 13.0. The van der Waals surface area contributed by atoms with Gasteiger partial charge in [-0.2, -0.15) is 13.2 Å². The molecule has 1 fully saturated rings. The van der Waals surface area contributed by atoms with Crippen molar-refractivity contribution in [3.05, 3.63) is 117 Å². The van der Waals surface area contributed by atoms with Gasteiger partial charge in [0.2, 0.25) is 11.8 Å². The molecule has 41 heavy (non-hydrogen) atoms. The lowest BCUT2D eigenvalue weighted by atomic mass is 9.88. The van der Waals surface area contributed by atoms with Crippen LogP contribution in [0.25, 0.3) is 6.08 Å². The number of hydrogen-bond acceptors (Lipinski definition) is 5. The minimum atomic E-state index is -4.50. The van der Waals surface area contributed by atoms with E-state index in [0.717, 1.165) is 23.3 Å². The van der Waals surface area contributed by atoms with Crippen molar-refractivity contribution in [3.8, 4) is 0 Å². The van der Waals surface area contributed by atoms with Crippen LogP contribution in [-0.4, -0.2) is 52.7 Å². The van der Waals surface area contributed by atoms with Crippen LogP contribution in [0.1, 0.15) is 22.3 Å². The summed E-state index contributed by atoms with van der Waals surface area (Å²) < 4.78 is 39.1. The Morgan fingerprint density at radius 1 is 0.902 bits per heavy atom. The van der Waals surface area contributed by atoms with Gasteiger partial charge in [-0.25, -0.2) is 0 Å². The number of nitrogens with zero attached hydrogens (tertiary/aromatic N) is 3. The van der Waals surface area contributed by atoms with E-state index in [1.54, 1.807) is 17.0 Å². The number of rotatable bonds is 9. The molecule has 2 N–H and O–H groups in total. The van der Waals surface area contributed by atoms with Gasteiger partial charge in [0.25, 0.3) is 5.69 Å². The van der Waals surface area contributed by atoms with Gasteiger partial charge in [0.05, 0.1) is 16.4 Å². The zero-order valence-corrected chi connectivity index (χ0v) is 22.1. The number of carbonyl (C=O) groups is 2. The van der Waals surface area contributed by atoms with Gasteiger partial charge in [0, 0.05) is 50.4 Å². The van der Waals surface area contributed by atoms with Crippen LogP contribution in [0.15, 0.2) is 84.4 Å². The van der Waals surface area contributed by atoms with Crippen molar-refractivity contribution in [2.75, 3.05) is 26.2 Å². The SMILES string of the molecule is NC(=O)C(=Cc1ccc(C(F)(F)F)cc1)C(Cc1ccccc1)C(=O)N1CCN(Cc2ccc([N+](=O)[O-])cc2)CC1. The molecule has 0 bridgehead atoms. The van der Waals surface area contributed by atoms with Gasteiger partial charge in [-0.15, -0.1) is 0 Å². The summed E-state index contributed by atoms with van der Waals surface area (Å²) in [5.41, 5.74) is 6.99. The minimum Gasteiger partial charge on any atom is -0.366 e. The largest absolute Gasteiger partial charge is 0.416 e. The van der Waals surface area contributed by atoms with Crippen LogP contribution >= 0.6 is 0 Å². The highest BCUT2D eigenvalue weighted by molar-refractivity contribution is 6.03. The van der Waals surface area contributed by atoms with E-state index in [9.17, 15) is 32.9 Å². The first-order chi connectivity index (χ1) is 19.5. The van der Waals surface area contributed by atoms with E-state index < -0.39 is 28.5 Å². The third-order valence-electron chi connectivity index (χ3n) is 7.04. The first-order valence-corrected chi connectivity index (χ1v) is 13.0. The van der Waals surface area contributed by atoms with Crippen molar-refractivity contribution in [2.24, 2.45) is 11.7 Å². The van der Waals surface area contributed by atoms with Gasteiger partial charge >= 0.3 is 6.18 Å². The van der Waals surface area contributed by atoms with E-state index in [4.69, 9.17) is 5.73 Å². The van der Waals surface area contributed by atoms with E-state index in [0.29, 0.717) is 38.3 Å². The molecule has 11 heteroatoms. The summed E-state index contributed by atoms with van der Waals surface area (Å²) in [6.07, 6.45) is -2.92. The van der Waals surface area contributed by atoms with Crippen molar-refractivity contribution in [1.29, 1.82) is 0 Å². The summed E-state index contributed by atoms with van der Waals surface area (Å²) in [4.78, 5) is 40.7. The molecule has 8 nitrogen and oxygen atoms in total. The van der Waals surface area contributed by atoms with Gasteiger partial charge in [0.1, 0.15) is 0 Å². The highest BCUT2D eigenvalue weighted by Gasteiger charge is 2.33.